The summed E-state index contributed by atoms with van der Waals surface area (Å²) < 4.78 is 5.54. The number of rotatable bonds is 6. The molecule has 0 aromatic heterocycles. The van der Waals surface area contributed by atoms with Gasteiger partial charge in [-0.1, -0.05) is 24.6 Å². The Labute approximate surface area is 186 Å². The van der Waals surface area contributed by atoms with Crippen LogP contribution in [-0.2, 0) is 9.59 Å². The van der Waals surface area contributed by atoms with Crippen molar-refractivity contribution in [2.24, 2.45) is 0 Å². The number of carbonyl (C=O) groups is 2. The molecule has 0 heterocycles. The standard InChI is InChI=1S/C21H24N4O3S2/c1-4-18(26)24-20(29)22-15-6-8-16(9-7-15)23-21(30)25-19(27)12-28-17-10-5-13(2)11-14(17)3/h5-11H,4,12H2,1-3H3,(H2,22,24,26,29)(H2,23,25,27,30). The van der Waals surface area contributed by atoms with Crippen LogP contribution in [0.3, 0.4) is 0 Å². The molecule has 0 aliphatic carbocycles. The molecule has 0 unspecified atom stereocenters. The fourth-order valence-electron chi connectivity index (χ4n) is 2.44. The minimum absolute atomic E-state index is 0.143. The molecule has 0 saturated carbocycles. The highest BCUT2D eigenvalue weighted by Crippen LogP contribution is 2.18. The molecule has 2 rings (SSSR count). The maximum Gasteiger partial charge on any atom is 0.264 e. The summed E-state index contributed by atoms with van der Waals surface area (Å²) in [6.45, 7) is 5.52. The van der Waals surface area contributed by atoms with Crippen molar-refractivity contribution in [1.29, 1.82) is 0 Å². The highest BCUT2D eigenvalue weighted by molar-refractivity contribution is 7.80. The molecule has 0 saturated heterocycles. The number of hydrogen-bond donors (Lipinski definition) is 4. The van der Waals surface area contributed by atoms with Crippen LogP contribution in [0.25, 0.3) is 0 Å². The lowest BCUT2D eigenvalue weighted by atomic mass is 10.1. The van der Waals surface area contributed by atoms with Gasteiger partial charge in [0, 0.05) is 17.8 Å². The molecule has 2 aromatic rings. The first-order valence-electron chi connectivity index (χ1n) is 9.28. The first-order chi connectivity index (χ1) is 14.3. The van der Waals surface area contributed by atoms with E-state index in [1.54, 1.807) is 31.2 Å². The zero-order valence-corrected chi connectivity index (χ0v) is 18.6. The van der Waals surface area contributed by atoms with Gasteiger partial charge in [-0.3, -0.25) is 14.9 Å². The van der Waals surface area contributed by atoms with Gasteiger partial charge in [0.2, 0.25) is 5.91 Å². The van der Waals surface area contributed by atoms with Gasteiger partial charge in [0.05, 0.1) is 0 Å². The normalized spacial score (nSPS) is 9.97. The minimum Gasteiger partial charge on any atom is -0.483 e. The maximum atomic E-state index is 12.1. The van der Waals surface area contributed by atoms with Gasteiger partial charge >= 0.3 is 0 Å². The second kappa shape index (κ2) is 11.2. The van der Waals surface area contributed by atoms with Gasteiger partial charge in [0.25, 0.3) is 5.91 Å². The van der Waals surface area contributed by atoms with Gasteiger partial charge in [-0.25, -0.2) is 0 Å². The maximum absolute atomic E-state index is 12.1. The van der Waals surface area contributed by atoms with Crippen molar-refractivity contribution in [2.45, 2.75) is 27.2 Å². The van der Waals surface area contributed by atoms with Crippen molar-refractivity contribution >= 4 is 57.8 Å². The van der Waals surface area contributed by atoms with Gasteiger partial charge in [-0.2, -0.15) is 0 Å². The number of hydrogen-bond acceptors (Lipinski definition) is 5. The minimum atomic E-state index is -0.359. The topological polar surface area (TPSA) is 91.5 Å². The summed E-state index contributed by atoms with van der Waals surface area (Å²) in [7, 11) is 0. The van der Waals surface area contributed by atoms with E-state index in [1.165, 1.54) is 0 Å². The smallest absolute Gasteiger partial charge is 0.264 e. The molecule has 30 heavy (non-hydrogen) atoms. The zero-order chi connectivity index (χ0) is 22.1. The molecule has 0 atom stereocenters. The number of benzene rings is 2. The molecule has 0 spiro atoms. The second-order valence-corrected chi connectivity index (χ2v) is 7.31. The van der Waals surface area contributed by atoms with Crippen LogP contribution in [0.4, 0.5) is 11.4 Å². The predicted octanol–water partition coefficient (Wildman–Crippen LogP) is 3.42. The van der Waals surface area contributed by atoms with Gasteiger partial charge in [0.1, 0.15) is 5.75 Å². The number of thiocarbonyl (C=S) groups is 2. The van der Waals surface area contributed by atoms with Crippen LogP contribution in [0.2, 0.25) is 0 Å². The largest absolute Gasteiger partial charge is 0.483 e. The molecule has 2 aromatic carbocycles. The van der Waals surface area contributed by atoms with Crippen molar-refractivity contribution in [1.82, 2.24) is 10.6 Å². The molecule has 0 fully saturated rings. The molecular formula is C21H24N4O3S2. The second-order valence-electron chi connectivity index (χ2n) is 6.49. The zero-order valence-electron chi connectivity index (χ0n) is 17.0. The summed E-state index contributed by atoms with van der Waals surface area (Å²) in [4.78, 5) is 23.4. The number of amides is 2. The Morgan fingerprint density at radius 2 is 1.40 bits per heavy atom. The van der Waals surface area contributed by atoms with Crippen LogP contribution in [0, 0.1) is 13.8 Å². The van der Waals surface area contributed by atoms with Crippen LogP contribution >= 0.6 is 24.4 Å². The van der Waals surface area contributed by atoms with Crippen molar-refractivity contribution in [3.8, 4) is 5.75 Å². The third-order valence-corrected chi connectivity index (χ3v) is 4.33. The highest BCUT2D eigenvalue weighted by Gasteiger charge is 2.08. The molecule has 0 aliphatic rings. The SMILES string of the molecule is CCC(=O)NC(=S)Nc1ccc(NC(=S)NC(=O)COc2ccc(C)cc2C)cc1. The van der Waals surface area contributed by atoms with Gasteiger partial charge < -0.3 is 20.7 Å². The van der Waals surface area contributed by atoms with E-state index in [9.17, 15) is 9.59 Å². The Balaban J connectivity index is 1.79. The van der Waals surface area contributed by atoms with E-state index in [4.69, 9.17) is 29.2 Å². The molecule has 4 N–H and O–H groups in total. The molecule has 2 amide bonds. The molecule has 0 aliphatic heterocycles. The van der Waals surface area contributed by atoms with Gasteiger partial charge in [-0.15, -0.1) is 0 Å². The summed E-state index contributed by atoms with van der Waals surface area (Å²) in [6.07, 6.45) is 0.351. The Morgan fingerprint density at radius 3 is 1.90 bits per heavy atom. The van der Waals surface area contributed by atoms with E-state index < -0.39 is 0 Å². The first kappa shape index (κ1) is 23.2. The van der Waals surface area contributed by atoms with Crippen LogP contribution in [0.1, 0.15) is 24.5 Å². The number of nitrogens with one attached hydrogen (secondary N) is 4. The van der Waals surface area contributed by atoms with E-state index in [1.807, 2.05) is 32.0 Å². The van der Waals surface area contributed by atoms with Crippen molar-refractivity contribution in [3.05, 3.63) is 53.6 Å². The Hall–Kier alpha value is -3.04. The molecule has 0 radical (unpaired) electrons. The number of carbonyl (C=O) groups excluding carboxylic acids is 2. The van der Waals surface area contributed by atoms with E-state index in [0.717, 1.165) is 11.1 Å². The van der Waals surface area contributed by atoms with Crippen molar-refractivity contribution < 1.29 is 14.3 Å². The summed E-state index contributed by atoms with van der Waals surface area (Å²) >= 11 is 10.2. The Bertz CT molecular complexity index is 946. The molecule has 9 heteroatoms. The number of aryl methyl sites for hydroxylation is 2. The average Bonchev–Trinajstić information content (AvgIpc) is 2.68. The van der Waals surface area contributed by atoms with Gasteiger partial charge in [-0.05, 0) is 74.2 Å². The van der Waals surface area contributed by atoms with E-state index in [2.05, 4.69) is 21.3 Å². The van der Waals surface area contributed by atoms with Crippen LogP contribution < -0.4 is 26.0 Å². The molecular weight excluding hydrogens is 420 g/mol. The summed E-state index contributed by atoms with van der Waals surface area (Å²) in [5.41, 5.74) is 3.48. The summed E-state index contributed by atoms with van der Waals surface area (Å²) in [5.74, 6) is 0.141. The monoisotopic (exact) mass is 444 g/mol. The first-order valence-corrected chi connectivity index (χ1v) is 10.1. The van der Waals surface area contributed by atoms with Crippen LogP contribution in [0.15, 0.2) is 42.5 Å². The third kappa shape index (κ3) is 7.76. The average molecular weight is 445 g/mol. The van der Waals surface area contributed by atoms with E-state index in [-0.39, 0.29) is 28.6 Å². The highest BCUT2D eigenvalue weighted by atomic mass is 32.1. The summed E-state index contributed by atoms with van der Waals surface area (Å²) in [5, 5.41) is 11.4. The van der Waals surface area contributed by atoms with E-state index in [0.29, 0.717) is 23.5 Å². The molecule has 0 bridgehead atoms. The number of ether oxygens (including phenoxy) is 1. The predicted molar refractivity (Wildman–Crippen MR) is 127 cm³/mol. The third-order valence-electron chi connectivity index (χ3n) is 3.92. The lowest BCUT2D eigenvalue weighted by Gasteiger charge is -2.13. The van der Waals surface area contributed by atoms with Crippen molar-refractivity contribution in [3.63, 3.8) is 0 Å². The van der Waals surface area contributed by atoms with Gasteiger partial charge in [0.15, 0.2) is 16.8 Å². The van der Waals surface area contributed by atoms with Crippen LogP contribution in [-0.4, -0.2) is 28.6 Å². The fraction of sp³-hybridized carbons (Fsp3) is 0.238. The Morgan fingerprint density at radius 1 is 0.867 bits per heavy atom. The summed E-state index contributed by atoms with van der Waals surface area (Å²) in [6, 6.07) is 12.8. The lowest BCUT2D eigenvalue weighted by Crippen LogP contribution is -2.37. The molecule has 7 nitrogen and oxygen atoms in total. The van der Waals surface area contributed by atoms with E-state index >= 15 is 0 Å². The molecule has 158 valence electrons. The van der Waals surface area contributed by atoms with Crippen LogP contribution in [0.5, 0.6) is 5.75 Å². The quantitative estimate of drug-likeness (QED) is 0.508. The van der Waals surface area contributed by atoms with Crippen molar-refractivity contribution in [2.75, 3.05) is 17.2 Å². The number of anilines is 2. The lowest BCUT2D eigenvalue weighted by molar-refractivity contribution is -0.121. The fourth-order valence-corrected chi connectivity index (χ4v) is 2.91. The Kier molecular flexibility index (Phi) is 8.70.